The Bertz CT molecular complexity index is 1400. The summed E-state index contributed by atoms with van der Waals surface area (Å²) < 4.78 is 7.27. The lowest BCUT2D eigenvalue weighted by Crippen LogP contribution is -2.36. The molecule has 0 saturated carbocycles. The van der Waals surface area contributed by atoms with Crippen LogP contribution in [0.3, 0.4) is 0 Å². The van der Waals surface area contributed by atoms with Gasteiger partial charge in [-0.05, 0) is 98.4 Å². The largest absolute Gasteiger partial charge is 0.486 e. The SMILES string of the molecule is Cc1cccc(C)c1NC(=O)CN1C(=O)S/C(=C/c2cc(Br)c(OCc3ccccc3Cl)c(Br)c2)C1=O. The minimum absolute atomic E-state index is 0.230. The predicted octanol–water partition coefficient (Wildman–Crippen LogP) is 7.74. The van der Waals surface area contributed by atoms with Crippen molar-refractivity contribution in [3.05, 3.63) is 95.7 Å². The van der Waals surface area contributed by atoms with Gasteiger partial charge in [0.25, 0.3) is 11.1 Å². The molecule has 1 N–H and O–H groups in total. The normalized spacial score (nSPS) is 14.4. The molecule has 10 heteroatoms. The van der Waals surface area contributed by atoms with Gasteiger partial charge in [-0.25, -0.2) is 0 Å². The summed E-state index contributed by atoms with van der Waals surface area (Å²) in [6.45, 7) is 3.68. The Hall–Kier alpha value is -2.59. The zero-order valence-electron chi connectivity index (χ0n) is 19.8. The lowest BCUT2D eigenvalue weighted by molar-refractivity contribution is -0.127. The summed E-state index contributed by atoms with van der Waals surface area (Å²) in [4.78, 5) is 39.3. The standard InChI is InChI=1S/C27H21Br2ClN2O4S/c1-15-6-5-7-16(2)24(15)31-23(33)13-32-26(34)22(37-27(32)35)12-17-10-19(28)25(20(29)11-17)36-14-18-8-3-4-9-21(18)30/h3-12H,13-14H2,1-2H3,(H,31,33)/b22-12+. The lowest BCUT2D eigenvalue weighted by Gasteiger charge is -2.15. The number of aryl methyl sites for hydroxylation is 2. The van der Waals surface area contributed by atoms with Crippen LogP contribution in [0.5, 0.6) is 5.75 Å². The molecule has 190 valence electrons. The van der Waals surface area contributed by atoms with E-state index in [2.05, 4.69) is 37.2 Å². The fourth-order valence-corrected chi connectivity index (χ4v) is 6.17. The molecule has 0 aliphatic carbocycles. The van der Waals surface area contributed by atoms with Gasteiger partial charge in [-0.3, -0.25) is 19.3 Å². The van der Waals surface area contributed by atoms with E-state index in [4.69, 9.17) is 16.3 Å². The molecule has 0 unspecified atom stereocenters. The number of rotatable bonds is 7. The Kier molecular flexibility index (Phi) is 8.79. The molecule has 3 amide bonds. The van der Waals surface area contributed by atoms with Crippen molar-refractivity contribution in [3.63, 3.8) is 0 Å². The highest BCUT2D eigenvalue weighted by atomic mass is 79.9. The van der Waals surface area contributed by atoms with E-state index < -0.39 is 17.1 Å². The summed E-state index contributed by atoms with van der Waals surface area (Å²) in [7, 11) is 0. The molecule has 4 rings (SSSR count). The highest BCUT2D eigenvalue weighted by Gasteiger charge is 2.36. The van der Waals surface area contributed by atoms with Crippen LogP contribution in [0, 0.1) is 13.8 Å². The quantitative estimate of drug-likeness (QED) is 0.262. The predicted molar refractivity (Wildman–Crippen MR) is 155 cm³/mol. The number of carbonyl (C=O) groups is 3. The van der Waals surface area contributed by atoms with Crippen molar-refractivity contribution in [2.45, 2.75) is 20.5 Å². The topological polar surface area (TPSA) is 75.7 Å². The first-order valence-corrected chi connectivity index (χ1v) is 13.9. The van der Waals surface area contributed by atoms with Crippen LogP contribution in [-0.2, 0) is 16.2 Å². The van der Waals surface area contributed by atoms with Gasteiger partial charge in [0.05, 0.1) is 13.9 Å². The molecule has 3 aromatic carbocycles. The third-order valence-corrected chi connectivity index (χ3v) is 8.02. The minimum Gasteiger partial charge on any atom is -0.486 e. The second-order valence-corrected chi connectivity index (χ2v) is 11.4. The van der Waals surface area contributed by atoms with Gasteiger partial charge in [-0.15, -0.1) is 0 Å². The lowest BCUT2D eigenvalue weighted by atomic mass is 10.1. The van der Waals surface area contributed by atoms with Gasteiger partial charge in [0.1, 0.15) is 18.9 Å². The first-order chi connectivity index (χ1) is 17.6. The van der Waals surface area contributed by atoms with E-state index in [0.29, 0.717) is 31.0 Å². The molecule has 37 heavy (non-hydrogen) atoms. The van der Waals surface area contributed by atoms with Crippen LogP contribution in [0.4, 0.5) is 10.5 Å². The molecular formula is C27H21Br2ClN2O4S. The van der Waals surface area contributed by atoms with Gasteiger partial charge in [0.2, 0.25) is 5.91 Å². The maximum absolute atomic E-state index is 12.9. The van der Waals surface area contributed by atoms with E-state index >= 15 is 0 Å². The van der Waals surface area contributed by atoms with E-state index in [1.165, 1.54) is 0 Å². The second-order valence-electron chi connectivity index (χ2n) is 8.28. The van der Waals surface area contributed by atoms with Gasteiger partial charge in [0, 0.05) is 16.3 Å². The van der Waals surface area contributed by atoms with Crippen molar-refractivity contribution in [1.82, 2.24) is 4.90 Å². The molecule has 3 aromatic rings. The summed E-state index contributed by atoms with van der Waals surface area (Å²) in [6.07, 6.45) is 1.61. The number of para-hydroxylation sites is 1. The van der Waals surface area contributed by atoms with Crippen LogP contribution in [-0.4, -0.2) is 28.5 Å². The zero-order chi connectivity index (χ0) is 26.7. The fourth-order valence-electron chi connectivity index (χ4n) is 3.69. The van der Waals surface area contributed by atoms with Crippen molar-refractivity contribution in [2.24, 2.45) is 0 Å². The Morgan fingerprint density at radius 1 is 1.05 bits per heavy atom. The van der Waals surface area contributed by atoms with Crippen LogP contribution >= 0.6 is 55.2 Å². The molecule has 1 aliphatic heterocycles. The highest BCUT2D eigenvalue weighted by molar-refractivity contribution is 9.11. The molecule has 1 aliphatic rings. The summed E-state index contributed by atoms with van der Waals surface area (Å²) in [5.41, 5.74) is 4.01. The van der Waals surface area contributed by atoms with E-state index in [-0.39, 0.29) is 18.1 Å². The smallest absolute Gasteiger partial charge is 0.294 e. The molecule has 0 atom stereocenters. The Balaban J connectivity index is 1.46. The van der Waals surface area contributed by atoms with Crippen LogP contribution in [0.25, 0.3) is 6.08 Å². The average Bonchev–Trinajstić information content (AvgIpc) is 3.09. The zero-order valence-corrected chi connectivity index (χ0v) is 24.6. The minimum atomic E-state index is -0.516. The van der Waals surface area contributed by atoms with Gasteiger partial charge in [-0.2, -0.15) is 0 Å². The number of anilines is 1. The third kappa shape index (κ3) is 6.46. The molecule has 0 spiro atoms. The number of halogens is 3. The number of thioether (sulfide) groups is 1. The highest BCUT2D eigenvalue weighted by Crippen LogP contribution is 2.38. The number of amides is 3. The second kappa shape index (κ2) is 11.9. The number of imide groups is 1. The molecule has 1 fully saturated rings. The van der Waals surface area contributed by atoms with Gasteiger partial charge in [0.15, 0.2) is 0 Å². The van der Waals surface area contributed by atoms with Crippen LogP contribution in [0.1, 0.15) is 22.3 Å². The number of hydrogen-bond acceptors (Lipinski definition) is 5. The van der Waals surface area contributed by atoms with E-state index in [1.807, 2.05) is 50.2 Å². The summed E-state index contributed by atoms with van der Waals surface area (Å²) >= 11 is 14.0. The number of nitrogens with one attached hydrogen (secondary N) is 1. The third-order valence-electron chi connectivity index (χ3n) is 5.57. The fraction of sp³-hybridized carbons (Fsp3) is 0.148. The van der Waals surface area contributed by atoms with Gasteiger partial charge >= 0.3 is 0 Å². The van der Waals surface area contributed by atoms with Gasteiger partial charge < -0.3 is 10.1 Å². The number of ether oxygens (including phenoxy) is 1. The molecule has 1 saturated heterocycles. The summed E-state index contributed by atoms with van der Waals surface area (Å²) in [5.74, 6) is -0.377. The Labute approximate surface area is 240 Å². The average molecular weight is 665 g/mol. The molecule has 0 radical (unpaired) electrons. The molecular weight excluding hydrogens is 644 g/mol. The Morgan fingerprint density at radius 2 is 1.70 bits per heavy atom. The maximum Gasteiger partial charge on any atom is 0.294 e. The first-order valence-electron chi connectivity index (χ1n) is 11.1. The van der Waals surface area contributed by atoms with Gasteiger partial charge in [-0.1, -0.05) is 48.0 Å². The van der Waals surface area contributed by atoms with Crippen molar-refractivity contribution in [2.75, 3.05) is 11.9 Å². The molecule has 0 bridgehead atoms. The number of benzene rings is 3. The number of hydrogen-bond donors (Lipinski definition) is 1. The van der Waals surface area contributed by atoms with Crippen molar-refractivity contribution < 1.29 is 19.1 Å². The monoisotopic (exact) mass is 662 g/mol. The van der Waals surface area contributed by atoms with Crippen LogP contribution < -0.4 is 10.1 Å². The van der Waals surface area contributed by atoms with Crippen molar-refractivity contribution in [1.29, 1.82) is 0 Å². The molecule has 1 heterocycles. The summed E-state index contributed by atoms with van der Waals surface area (Å²) in [6, 6.07) is 16.7. The van der Waals surface area contributed by atoms with E-state index in [9.17, 15) is 14.4 Å². The van der Waals surface area contributed by atoms with Crippen molar-refractivity contribution in [3.8, 4) is 5.75 Å². The van der Waals surface area contributed by atoms with Crippen LogP contribution in [0.15, 0.2) is 68.4 Å². The van der Waals surface area contributed by atoms with E-state index in [0.717, 1.165) is 33.4 Å². The summed E-state index contributed by atoms with van der Waals surface area (Å²) in [5, 5.41) is 2.93. The number of nitrogens with zero attached hydrogens (tertiary/aromatic N) is 1. The Morgan fingerprint density at radius 3 is 2.35 bits per heavy atom. The van der Waals surface area contributed by atoms with E-state index in [1.54, 1.807) is 24.3 Å². The van der Waals surface area contributed by atoms with Crippen LogP contribution in [0.2, 0.25) is 5.02 Å². The number of carbonyl (C=O) groups excluding carboxylic acids is 3. The maximum atomic E-state index is 12.9. The molecule has 6 nitrogen and oxygen atoms in total. The molecule has 0 aromatic heterocycles. The first kappa shape index (κ1) is 27.4. The van der Waals surface area contributed by atoms with Crippen molar-refractivity contribution >= 4 is 84.0 Å².